The molecule has 0 amide bonds. The van der Waals surface area contributed by atoms with Gasteiger partial charge in [0.2, 0.25) is 0 Å². The van der Waals surface area contributed by atoms with Crippen LogP contribution < -0.4 is 0 Å². The SMILES string of the molecule is COC1(OC)CC[C@]2(C(F)(F)F)[C@@H](OC(C)=O)CCC(=O)[C@@H]2C1. The van der Waals surface area contributed by atoms with E-state index in [1.54, 1.807) is 0 Å². The predicted molar refractivity (Wildman–Crippen MR) is 72.4 cm³/mol. The van der Waals surface area contributed by atoms with Crippen LogP contribution in [0.5, 0.6) is 0 Å². The van der Waals surface area contributed by atoms with Crippen molar-refractivity contribution in [3.05, 3.63) is 0 Å². The lowest BCUT2D eigenvalue weighted by molar-refractivity contribution is -0.324. The first-order valence-electron chi connectivity index (χ1n) is 7.49. The zero-order chi connectivity index (χ0) is 17.5. The number of carbonyl (C=O) groups excluding carboxylic acids is 2. The van der Waals surface area contributed by atoms with Crippen molar-refractivity contribution in [2.45, 2.75) is 57.1 Å². The van der Waals surface area contributed by atoms with Gasteiger partial charge in [-0.05, 0) is 12.8 Å². The molecule has 0 radical (unpaired) electrons. The number of esters is 1. The van der Waals surface area contributed by atoms with Gasteiger partial charge in [0.1, 0.15) is 17.3 Å². The number of ketones is 1. The van der Waals surface area contributed by atoms with Gasteiger partial charge in [-0.1, -0.05) is 0 Å². The summed E-state index contributed by atoms with van der Waals surface area (Å²) < 4.78 is 57.4. The minimum absolute atomic E-state index is 0.0267. The second-order valence-corrected chi connectivity index (χ2v) is 6.22. The lowest BCUT2D eigenvalue weighted by atomic mass is 9.55. The standard InChI is InChI=1S/C15H21F3O5/c1-9(19)23-12-5-4-11(20)10-8-13(21-2,22-3)6-7-14(10,12)15(16,17)18/h10,12H,4-8H2,1-3H3/t10-,12-,14+/m0/s1. The molecule has 2 saturated carbocycles. The number of carbonyl (C=O) groups is 2. The van der Waals surface area contributed by atoms with E-state index < -0.39 is 41.2 Å². The third kappa shape index (κ3) is 2.87. The topological polar surface area (TPSA) is 61.8 Å². The molecular formula is C15H21F3O5. The van der Waals surface area contributed by atoms with Gasteiger partial charge in [0.25, 0.3) is 0 Å². The van der Waals surface area contributed by atoms with Crippen LogP contribution >= 0.6 is 0 Å². The van der Waals surface area contributed by atoms with Gasteiger partial charge in [0.15, 0.2) is 5.79 Å². The smallest absolute Gasteiger partial charge is 0.398 e. The number of alkyl halides is 3. The molecule has 0 bridgehead atoms. The Balaban J connectivity index is 2.48. The molecule has 2 aliphatic rings. The van der Waals surface area contributed by atoms with Crippen molar-refractivity contribution in [1.29, 1.82) is 0 Å². The summed E-state index contributed by atoms with van der Waals surface area (Å²) in [4.78, 5) is 23.5. The lowest BCUT2D eigenvalue weighted by Crippen LogP contribution is -2.63. The van der Waals surface area contributed by atoms with E-state index in [9.17, 15) is 22.8 Å². The van der Waals surface area contributed by atoms with E-state index in [0.29, 0.717) is 0 Å². The normalized spacial score (nSPS) is 33.9. The van der Waals surface area contributed by atoms with Crippen LogP contribution in [0.1, 0.15) is 39.0 Å². The van der Waals surface area contributed by atoms with Crippen LogP contribution in [0.25, 0.3) is 0 Å². The van der Waals surface area contributed by atoms with Gasteiger partial charge in [0, 0.05) is 46.3 Å². The first-order valence-corrected chi connectivity index (χ1v) is 7.49. The largest absolute Gasteiger partial charge is 0.462 e. The highest BCUT2D eigenvalue weighted by Gasteiger charge is 2.70. The van der Waals surface area contributed by atoms with Crippen molar-refractivity contribution in [3.63, 3.8) is 0 Å². The van der Waals surface area contributed by atoms with Crippen LogP contribution in [-0.2, 0) is 23.8 Å². The van der Waals surface area contributed by atoms with E-state index in [-0.39, 0.29) is 32.1 Å². The quantitative estimate of drug-likeness (QED) is 0.585. The van der Waals surface area contributed by atoms with Crippen molar-refractivity contribution in [1.82, 2.24) is 0 Å². The second-order valence-electron chi connectivity index (χ2n) is 6.22. The molecule has 8 heteroatoms. The third-order valence-corrected chi connectivity index (χ3v) is 5.25. The number of halogens is 3. The Morgan fingerprint density at radius 1 is 1.22 bits per heavy atom. The summed E-state index contributed by atoms with van der Waals surface area (Å²) in [6.07, 6.45) is -6.79. The number of hydrogen-bond acceptors (Lipinski definition) is 5. The Morgan fingerprint density at radius 2 is 1.83 bits per heavy atom. The number of Topliss-reactive ketones (excluding diaryl/α,β-unsaturated/α-hetero) is 1. The van der Waals surface area contributed by atoms with Crippen molar-refractivity contribution in [2.75, 3.05) is 14.2 Å². The maximum Gasteiger partial charge on any atom is 0.398 e. The van der Waals surface area contributed by atoms with E-state index >= 15 is 0 Å². The molecule has 0 heterocycles. The van der Waals surface area contributed by atoms with Crippen LogP contribution in [0.15, 0.2) is 0 Å². The molecule has 0 saturated heterocycles. The fourth-order valence-electron chi connectivity index (χ4n) is 4.00. The zero-order valence-corrected chi connectivity index (χ0v) is 13.4. The molecule has 132 valence electrons. The fourth-order valence-corrected chi connectivity index (χ4v) is 4.00. The predicted octanol–water partition coefficient (Wildman–Crippen LogP) is 2.62. The molecule has 0 N–H and O–H groups in total. The van der Waals surface area contributed by atoms with E-state index in [2.05, 4.69) is 0 Å². The number of hydrogen-bond donors (Lipinski definition) is 0. The van der Waals surface area contributed by atoms with E-state index in [4.69, 9.17) is 14.2 Å². The molecule has 0 aromatic carbocycles. The van der Waals surface area contributed by atoms with Crippen LogP contribution in [0.3, 0.4) is 0 Å². The van der Waals surface area contributed by atoms with Crippen molar-refractivity contribution < 1.29 is 37.0 Å². The molecule has 23 heavy (non-hydrogen) atoms. The molecule has 0 aromatic heterocycles. The van der Waals surface area contributed by atoms with Crippen LogP contribution in [0.2, 0.25) is 0 Å². The molecule has 0 aliphatic heterocycles. The summed E-state index contributed by atoms with van der Waals surface area (Å²) in [6.45, 7) is 1.08. The lowest BCUT2D eigenvalue weighted by Gasteiger charge is -2.54. The monoisotopic (exact) mass is 338 g/mol. The number of ether oxygens (including phenoxy) is 3. The molecule has 2 rings (SSSR count). The summed E-state index contributed by atoms with van der Waals surface area (Å²) in [5.74, 6) is -3.81. The summed E-state index contributed by atoms with van der Waals surface area (Å²) in [5.41, 5.74) is -2.37. The third-order valence-electron chi connectivity index (χ3n) is 5.25. The molecule has 2 aliphatic carbocycles. The Morgan fingerprint density at radius 3 is 2.30 bits per heavy atom. The summed E-state index contributed by atoms with van der Waals surface area (Å²) in [6, 6.07) is 0. The highest BCUT2D eigenvalue weighted by atomic mass is 19.4. The van der Waals surface area contributed by atoms with Crippen LogP contribution in [0.4, 0.5) is 13.2 Å². The van der Waals surface area contributed by atoms with Gasteiger partial charge in [0.05, 0.1) is 0 Å². The molecule has 5 nitrogen and oxygen atoms in total. The van der Waals surface area contributed by atoms with Gasteiger partial charge in [-0.15, -0.1) is 0 Å². The first-order chi connectivity index (χ1) is 10.6. The Kier molecular flexibility index (Phi) is 4.79. The molecule has 3 atom stereocenters. The van der Waals surface area contributed by atoms with Crippen molar-refractivity contribution in [3.8, 4) is 0 Å². The van der Waals surface area contributed by atoms with Crippen molar-refractivity contribution in [2.24, 2.45) is 11.3 Å². The Hall–Kier alpha value is -1.15. The van der Waals surface area contributed by atoms with Crippen LogP contribution in [-0.4, -0.2) is 44.0 Å². The highest BCUT2D eigenvalue weighted by molar-refractivity contribution is 5.83. The number of methoxy groups -OCH3 is 2. The van der Waals surface area contributed by atoms with Gasteiger partial charge >= 0.3 is 12.1 Å². The average Bonchev–Trinajstić information content (AvgIpc) is 2.48. The Bertz CT molecular complexity index is 486. The van der Waals surface area contributed by atoms with Gasteiger partial charge in [-0.2, -0.15) is 13.2 Å². The van der Waals surface area contributed by atoms with Crippen molar-refractivity contribution >= 4 is 11.8 Å². The molecular weight excluding hydrogens is 317 g/mol. The highest BCUT2D eigenvalue weighted by Crippen LogP contribution is 2.60. The number of fused-ring (bicyclic) bond motifs is 1. The van der Waals surface area contributed by atoms with Crippen LogP contribution in [0, 0.1) is 11.3 Å². The van der Waals surface area contributed by atoms with E-state index in [1.165, 1.54) is 14.2 Å². The van der Waals surface area contributed by atoms with E-state index in [0.717, 1.165) is 6.92 Å². The maximum atomic E-state index is 14.0. The summed E-state index contributed by atoms with van der Waals surface area (Å²) in [7, 11) is 2.70. The summed E-state index contributed by atoms with van der Waals surface area (Å²) in [5, 5.41) is 0. The van der Waals surface area contributed by atoms with Gasteiger partial charge < -0.3 is 14.2 Å². The number of rotatable bonds is 3. The van der Waals surface area contributed by atoms with E-state index in [1.807, 2.05) is 0 Å². The zero-order valence-electron chi connectivity index (χ0n) is 13.4. The Labute approximate surface area is 132 Å². The van der Waals surface area contributed by atoms with Gasteiger partial charge in [-0.3, -0.25) is 9.59 Å². The van der Waals surface area contributed by atoms with Gasteiger partial charge in [-0.25, -0.2) is 0 Å². The molecule has 0 unspecified atom stereocenters. The maximum absolute atomic E-state index is 14.0. The summed E-state index contributed by atoms with van der Waals surface area (Å²) >= 11 is 0. The first kappa shape index (κ1) is 18.2. The molecule has 0 spiro atoms. The minimum Gasteiger partial charge on any atom is -0.462 e. The minimum atomic E-state index is -4.67. The average molecular weight is 338 g/mol. The fraction of sp³-hybridized carbons (Fsp3) is 0.867. The second kappa shape index (κ2) is 6.05. The molecule has 0 aromatic rings. The molecule has 2 fully saturated rings.